The number of carbonyl (C=O) groups excluding carboxylic acids is 5. The van der Waals surface area contributed by atoms with Gasteiger partial charge in [-0.1, -0.05) is 53.4 Å². The summed E-state index contributed by atoms with van der Waals surface area (Å²) < 4.78 is 0. The van der Waals surface area contributed by atoms with Crippen LogP contribution in [0.2, 0.25) is 0 Å². The van der Waals surface area contributed by atoms with Gasteiger partial charge < -0.3 is 37.6 Å². The zero-order valence-corrected chi connectivity index (χ0v) is 26.0. The van der Waals surface area contributed by atoms with E-state index in [2.05, 4.69) is 35.1 Å². The summed E-state index contributed by atoms with van der Waals surface area (Å²) in [6.45, 7) is 8.22. The molecule has 0 aliphatic carbocycles. The number of unbranched alkanes of at least 4 members (excludes halogenated alkanes) is 2. The van der Waals surface area contributed by atoms with Crippen LogP contribution in [0.15, 0.2) is 0 Å². The van der Waals surface area contributed by atoms with Crippen LogP contribution in [-0.4, -0.2) is 97.3 Å². The summed E-state index contributed by atoms with van der Waals surface area (Å²) in [5.74, 6) is -1.95. The van der Waals surface area contributed by atoms with E-state index in [0.29, 0.717) is 13.0 Å². The molecule has 0 rings (SSSR count). The van der Waals surface area contributed by atoms with Crippen molar-refractivity contribution in [2.45, 2.75) is 96.8 Å². The Hall–Kier alpha value is -2.38. The maximum Gasteiger partial charge on any atom is 0.243 e. The Kier molecular flexibility index (Phi) is 20.1. The minimum atomic E-state index is -0.997. The Balaban J connectivity index is 5.65. The SMILES string of the molecule is CCCC[C@@H](CN[C@@H](CC(C)C)C(=O)N[C@@H](CSCC(N)=O)C(=O)NCC(N)=O)N(C)C(=O)[C@H](CCCC)NC. The molecule has 0 fully saturated rings. The van der Waals surface area contributed by atoms with Gasteiger partial charge in [0.1, 0.15) is 6.04 Å². The highest BCUT2D eigenvalue weighted by Crippen LogP contribution is 2.13. The third-order valence-corrected chi connectivity index (χ3v) is 7.56. The predicted molar refractivity (Wildman–Crippen MR) is 160 cm³/mol. The van der Waals surface area contributed by atoms with E-state index >= 15 is 0 Å². The molecule has 0 saturated carbocycles. The van der Waals surface area contributed by atoms with Gasteiger partial charge in [-0.05, 0) is 32.2 Å². The van der Waals surface area contributed by atoms with Crippen LogP contribution in [0.3, 0.4) is 0 Å². The molecule has 0 unspecified atom stereocenters. The van der Waals surface area contributed by atoms with Crippen molar-refractivity contribution >= 4 is 41.3 Å². The largest absolute Gasteiger partial charge is 0.369 e. The van der Waals surface area contributed by atoms with Gasteiger partial charge in [0.15, 0.2) is 0 Å². The van der Waals surface area contributed by atoms with Gasteiger partial charge >= 0.3 is 0 Å². The van der Waals surface area contributed by atoms with Crippen molar-refractivity contribution in [2.75, 3.05) is 38.7 Å². The number of likely N-dealkylation sites (N-methyl/N-ethyl adjacent to an activating group) is 2. The number of hydrogen-bond acceptors (Lipinski definition) is 8. The number of hydrogen-bond donors (Lipinski definition) is 6. The first-order valence-corrected chi connectivity index (χ1v) is 15.4. The highest BCUT2D eigenvalue weighted by molar-refractivity contribution is 8.00. The van der Waals surface area contributed by atoms with Gasteiger partial charge in [-0.3, -0.25) is 24.0 Å². The molecule has 0 radical (unpaired) electrons. The summed E-state index contributed by atoms with van der Waals surface area (Å²) in [5, 5.41) is 11.7. The van der Waals surface area contributed by atoms with Crippen molar-refractivity contribution in [3.05, 3.63) is 0 Å². The van der Waals surface area contributed by atoms with E-state index in [0.717, 1.165) is 50.3 Å². The number of nitrogens with two attached hydrogens (primary N) is 2. The van der Waals surface area contributed by atoms with E-state index in [1.165, 1.54) is 0 Å². The second-order valence-corrected chi connectivity index (χ2v) is 11.6. The topological polar surface area (TPSA) is 189 Å². The molecule has 0 spiro atoms. The fourth-order valence-corrected chi connectivity index (χ4v) is 4.95. The third kappa shape index (κ3) is 16.0. The molecule has 0 aromatic carbocycles. The number of primary amides is 2. The van der Waals surface area contributed by atoms with Gasteiger partial charge in [0.05, 0.1) is 24.4 Å². The van der Waals surface area contributed by atoms with Gasteiger partial charge in [0.2, 0.25) is 29.5 Å². The first kappa shape index (κ1) is 37.6. The van der Waals surface area contributed by atoms with Gasteiger partial charge in [0.25, 0.3) is 0 Å². The number of rotatable bonds is 23. The smallest absolute Gasteiger partial charge is 0.243 e. The monoisotopic (exact) mass is 587 g/mol. The van der Waals surface area contributed by atoms with Crippen molar-refractivity contribution in [1.82, 2.24) is 26.2 Å². The van der Waals surface area contributed by atoms with E-state index in [1.54, 1.807) is 11.9 Å². The lowest BCUT2D eigenvalue weighted by molar-refractivity contribution is -0.134. The van der Waals surface area contributed by atoms with Gasteiger partial charge in [0, 0.05) is 25.4 Å². The number of thioether (sulfide) groups is 1. The molecule has 232 valence electrons. The van der Waals surface area contributed by atoms with Gasteiger partial charge in [-0.25, -0.2) is 0 Å². The predicted octanol–water partition coefficient (Wildman–Crippen LogP) is 0.0909. The van der Waals surface area contributed by atoms with Crippen molar-refractivity contribution in [2.24, 2.45) is 17.4 Å². The minimum Gasteiger partial charge on any atom is -0.369 e. The second kappa shape index (κ2) is 21.4. The van der Waals surface area contributed by atoms with Crippen molar-refractivity contribution in [1.29, 1.82) is 0 Å². The van der Waals surface area contributed by atoms with Gasteiger partial charge in [-0.2, -0.15) is 0 Å². The Labute approximate surface area is 244 Å². The van der Waals surface area contributed by atoms with Crippen LogP contribution in [0.5, 0.6) is 0 Å². The van der Waals surface area contributed by atoms with Crippen LogP contribution < -0.4 is 32.7 Å². The Morgan fingerprint density at radius 1 is 0.875 bits per heavy atom. The van der Waals surface area contributed by atoms with Crippen LogP contribution in [0, 0.1) is 5.92 Å². The fraction of sp³-hybridized carbons (Fsp3) is 0.815. The summed E-state index contributed by atoms with van der Waals surface area (Å²) in [6, 6.07) is -2.00. The average molecular weight is 588 g/mol. The molecule has 0 aromatic rings. The molecule has 0 aliphatic heterocycles. The summed E-state index contributed by atoms with van der Waals surface area (Å²) in [4.78, 5) is 63.4. The molecule has 0 aliphatic rings. The zero-order valence-electron chi connectivity index (χ0n) is 25.2. The lowest BCUT2D eigenvalue weighted by Crippen LogP contribution is -2.57. The summed E-state index contributed by atoms with van der Waals surface area (Å²) in [7, 11) is 3.61. The standard InChI is InChI=1S/C27H53N7O5S/c1-7-9-11-19(34(6)27(39)20(30-5)12-10-8-2)14-31-21(13-18(3)4)26(38)33-22(16-40-17-24(29)36)25(37)32-15-23(28)35/h18-22,30-31H,7-17H2,1-6H3,(H2,28,35)(H2,29,36)(H,32,37)(H,33,38)/t19-,20-,21-,22-/m0/s1. The van der Waals surface area contributed by atoms with Crippen LogP contribution in [-0.2, 0) is 24.0 Å². The van der Waals surface area contributed by atoms with Crippen LogP contribution >= 0.6 is 11.8 Å². The molecular formula is C27H53N7O5S. The molecule has 0 bridgehead atoms. The Bertz CT molecular complexity index is 799. The lowest BCUT2D eigenvalue weighted by atomic mass is 10.0. The average Bonchev–Trinajstić information content (AvgIpc) is 2.89. The first-order valence-electron chi connectivity index (χ1n) is 14.3. The Morgan fingerprint density at radius 2 is 1.50 bits per heavy atom. The van der Waals surface area contributed by atoms with Crippen molar-refractivity contribution < 1.29 is 24.0 Å². The van der Waals surface area contributed by atoms with Crippen molar-refractivity contribution in [3.63, 3.8) is 0 Å². The second-order valence-electron chi connectivity index (χ2n) is 10.5. The van der Waals surface area contributed by atoms with E-state index in [1.807, 2.05) is 20.9 Å². The summed E-state index contributed by atoms with van der Waals surface area (Å²) in [6.07, 6.45) is 5.91. The maximum absolute atomic E-state index is 13.4. The highest BCUT2D eigenvalue weighted by atomic mass is 32.2. The number of carbonyl (C=O) groups is 5. The molecule has 8 N–H and O–H groups in total. The quantitative estimate of drug-likeness (QED) is 0.0970. The molecular weight excluding hydrogens is 534 g/mol. The van der Waals surface area contributed by atoms with E-state index in [-0.39, 0.29) is 47.9 Å². The Morgan fingerprint density at radius 3 is 2.02 bits per heavy atom. The lowest BCUT2D eigenvalue weighted by Gasteiger charge is -2.33. The maximum atomic E-state index is 13.4. The molecule has 12 nitrogen and oxygen atoms in total. The van der Waals surface area contributed by atoms with Gasteiger partial charge in [-0.15, -0.1) is 11.8 Å². The molecule has 0 saturated heterocycles. The number of nitrogens with one attached hydrogen (secondary N) is 4. The summed E-state index contributed by atoms with van der Waals surface area (Å²) >= 11 is 1.11. The molecule has 13 heteroatoms. The normalized spacial score (nSPS) is 14.2. The number of amides is 5. The van der Waals surface area contributed by atoms with E-state index in [9.17, 15) is 24.0 Å². The fourth-order valence-electron chi connectivity index (χ4n) is 4.16. The molecule has 4 atom stereocenters. The van der Waals surface area contributed by atoms with Crippen molar-refractivity contribution in [3.8, 4) is 0 Å². The minimum absolute atomic E-state index is 0.0194. The van der Waals surface area contributed by atoms with Crippen LogP contribution in [0.1, 0.15) is 72.6 Å². The molecule has 0 aromatic heterocycles. The first-order chi connectivity index (χ1) is 18.9. The van der Waals surface area contributed by atoms with E-state index in [4.69, 9.17) is 11.5 Å². The zero-order chi connectivity index (χ0) is 30.7. The molecule has 5 amide bonds. The van der Waals surface area contributed by atoms with Crippen LogP contribution in [0.4, 0.5) is 0 Å². The molecule has 0 heterocycles. The highest BCUT2D eigenvalue weighted by Gasteiger charge is 2.29. The third-order valence-electron chi connectivity index (χ3n) is 6.50. The van der Waals surface area contributed by atoms with Crippen LogP contribution in [0.25, 0.3) is 0 Å². The number of nitrogens with zero attached hydrogens (tertiary/aromatic N) is 1. The van der Waals surface area contributed by atoms with E-state index < -0.39 is 29.8 Å². The molecule has 40 heavy (non-hydrogen) atoms. The summed E-state index contributed by atoms with van der Waals surface area (Å²) in [5.41, 5.74) is 10.3.